The maximum Gasteiger partial charge on any atom is 0.258 e. The second-order valence-electron chi connectivity index (χ2n) is 16.1. The Kier molecular flexibility index (Phi) is 16.5. The third kappa shape index (κ3) is 17.4. The van der Waals surface area contributed by atoms with Gasteiger partial charge in [0.15, 0.2) is 23.0 Å². The van der Waals surface area contributed by atoms with Crippen molar-refractivity contribution in [1.82, 2.24) is 0 Å². The van der Waals surface area contributed by atoms with E-state index < -0.39 is 0 Å². The highest BCUT2D eigenvalue weighted by Crippen LogP contribution is 2.38. The van der Waals surface area contributed by atoms with Crippen LogP contribution in [-0.2, 0) is 48.0 Å². The van der Waals surface area contributed by atoms with Gasteiger partial charge in [-0.3, -0.25) is 0 Å². The van der Waals surface area contributed by atoms with Crippen LogP contribution < -0.4 is 42.6 Å². The van der Waals surface area contributed by atoms with E-state index in [2.05, 4.69) is 19.6 Å². The van der Waals surface area contributed by atoms with Gasteiger partial charge in [-0.25, -0.2) is 0 Å². The molecular formula is C48H56O19. The number of ether oxygens (including phenoxy) is 15. The first-order valence-electron chi connectivity index (χ1n) is 22.3. The average Bonchev–Trinajstić information content (AvgIpc) is 4.18. The van der Waals surface area contributed by atoms with Crippen molar-refractivity contribution in [3.63, 3.8) is 0 Å². The summed E-state index contributed by atoms with van der Waals surface area (Å²) in [5, 5.41) is 0. The summed E-state index contributed by atoms with van der Waals surface area (Å²) in [5.41, 5.74) is 1.04. The zero-order valence-electron chi connectivity index (χ0n) is 37.4. The van der Waals surface area contributed by atoms with Gasteiger partial charge in [-0.2, -0.15) is 19.6 Å². The second-order valence-corrected chi connectivity index (χ2v) is 16.1. The summed E-state index contributed by atoms with van der Waals surface area (Å²) in [7, 11) is 1.58. The first-order valence-corrected chi connectivity index (χ1v) is 22.3. The lowest BCUT2D eigenvalue weighted by atomic mass is 10.2. The van der Waals surface area contributed by atoms with Gasteiger partial charge in [0.1, 0.15) is 112 Å². The summed E-state index contributed by atoms with van der Waals surface area (Å²) in [6, 6.07) is 26.5. The van der Waals surface area contributed by atoms with E-state index in [1.165, 1.54) is 0 Å². The first-order chi connectivity index (χ1) is 33.0. The number of hydrogen-bond acceptors (Lipinski definition) is 19. The Bertz CT molecular complexity index is 2030. The lowest BCUT2D eigenvalue weighted by molar-refractivity contribution is 0.0850. The summed E-state index contributed by atoms with van der Waals surface area (Å²) in [5.74, 6) is 6.61. The van der Waals surface area contributed by atoms with Crippen molar-refractivity contribution in [1.29, 1.82) is 0 Å². The second kappa shape index (κ2) is 23.6. The van der Waals surface area contributed by atoms with Crippen LogP contribution in [0, 0.1) is 6.92 Å². The summed E-state index contributed by atoms with van der Waals surface area (Å²) in [6.45, 7) is 11.0. The highest BCUT2D eigenvalue weighted by Gasteiger charge is 2.30. The smallest absolute Gasteiger partial charge is 0.258 e. The molecule has 4 aromatic carbocycles. The third-order valence-corrected chi connectivity index (χ3v) is 10.2. The number of methoxy groups -OCH3 is 1. The fraction of sp³-hybridized carbons (Fsp3) is 0.500. The number of epoxide rings is 6. The molecule has 0 radical (unpaired) electrons. The summed E-state index contributed by atoms with van der Waals surface area (Å²) in [6.07, 6.45) is 1.02. The normalized spacial score (nSPS) is 24.0. The van der Waals surface area contributed by atoms with Crippen molar-refractivity contribution in [2.45, 2.75) is 56.1 Å². The van der Waals surface area contributed by atoms with Crippen LogP contribution in [0.3, 0.4) is 0 Å². The Morgan fingerprint density at radius 1 is 0.373 bits per heavy atom. The van der Waals surface area contributed by atoms with Crippen molar-refractivity contribution in [3.05, 3.63) is 90.5 Å². The SMILES string of the molecule is COc1cccc(OCC2CO2)c1OCC1OO1.Cc1c(OCC2CO2)cccc1OCC1CO1.c1cc(OCC2CO2)cc(OCC2CO2)c1.c1ccc(OCC2OO2)c(OCC2CO2)c1. The maximum atomic E-state index is 5.69. The van der Waals surface area contributed by atoms with Crippen molar-refractivity contribution < 1.29 is 90.6 Å². The molecule has 0 amide bonds. The topological polar surface area (TPSA) is 208 Å². The van der Waals surface area contributed by atoms with E-state index in [1.54, 1.807) is 7.11 Å². The molecule has 0 bridgehead atoms. The fourth-order valence-electron chi connectivity index (χ4n) is 5.76. The summed E-state index contributed by atoms with van der Waals surface area (Å²) in [4.78, 5) is 18.4. The van der Waals surface area contributed by atoms with Crippen molar-refractivity contribution in [3.8, 4) is 51.7 Å². The van der Waals surface area contributed by atoms with Crippen LogP contribution in [0.2, 0.25) is 0 Å². The van der Waals surface area contributed by atoms with Crippen LogP contribution >= 0.6 is 0 Å². The predicted octanol–water partition coefficient (Wildman–Crippen LogP) is 5.06. The molecule has 8 saturated heterocycles. The van der Waals surface area contributed by atoms with Gasteiger partial charge in [0, 0.05) is 11.6 Å². The zero-order chi connectivity index (χ0) is 45.6. The number of rotatable bonds is 25. The lowest BCUT2D eigenvalue weighted by Crippen LogP contribution is -2.09. The molecule has 0 saturated carbocycles. The molecule has 6 unspecified atom stereocenters. The summed E-state index contributed by atoms with van der Waals surface area (Å²) < 4.78 is 80.6. The lowest BCUT2D eigenvalue weighted by Gasteiger charge is -2.14. The van der Waals surface area contributed by atoms with Gasteiger partial charge < -0.3 is 71.1 Å². The third-order valence-electron chi connectivity index (χ3n) is 10.2. The van der Waals surface area contributed by atoms with Crippen molar-refractivity contribution >= 4 is 0 Å². The van der Waals surface area contributed by atoms with E-state index >= 15 is 0 Å². The quantitative estimate of drug-likeness (QED) is 0.0628. The van der Waals surface area contributed by atoms with E-state index in [9.17, 15) is 0 Å². The molecule has 19 heteroatoms. The maximum absolute atomic E-state index is 5.69. The van der Waals surface area contributed by atoms with E-state index in [1.807, 2.05) is 91.9 Å². The minimum atomic E-state index is -0.297. The largest absolute Gasteiger partial charge is 0.493 e. The molecule has 8 heterocycles. The summed E-state index contributed by atoms with van der Waals surface area (Å²) >= 11 is 0. The molecule has 6 atom stereocenters. The Morgan fingerprint density at radius 2 is 0.701 bits per heavy atom. The molecule has 8 aliphatic heterocycles. The highest BCUT2D eigenvalue weighted by molar-refractivity contribution is 5.51. The molecule has 0 aliphatic carbocycles. The molecular weight excluding hydrogens is 881 g/mol. The molecule has 0 spiro atoms. The molecule has 0 aromatic heterocycles. The van der Waals surface area contributed by atoms with Gasteiger partial charge in [0.05, 0.1) is 46.8 Å². The van der Waals surface area contributed by atoms with E-state index in [0.717, 1.165) is 74.0 Å². The minimum Gasteiger partial charge on any atom is -0.493 e. The Labute approximate surface area is 387 Å². The Morgan fingerprint density at radius 3 is 1.12 bits per heavy atom. The van der Waals surface area contributed by atoms with Gasteiger partial charge in [0.2, 0.25) is 5.75 Å². The van der Waals surface area contributed by atoms with Gasteiger partial charge >= 0.3 is 0 Å². The Hall–Kier alpha value is -5.32. The molecule has 12 rings (SSSR count). The predicted molar refractivity (Wildman–Crippen MR) is 231 cm³/mol. The van der Waals surface area contributed by atoms with Crippen molar-refractivity contribution in [2.24, 2.45) is 0 Å². The molecule has 362 valence electrons. The number of hydrogen-bond donors (Lipinski definition) is 0. The average molecular weight is 937 g/mol. The van der Waals surface area contributed by atoms with Crippen LogP contribution in [0.4, 0.5) is 0 Å². The van der Waals surface area contributed by atoms with Gasteiger partial charge in [0.25, 0.3) is 12.6 Å². The van der Waals surface area contributed by atoms with Gasteiger partial charge in [-0.15, -0.1) is 0 Å². The molecule has 0 N–H and O–H groups in total. The monoisotopic (exact) mass is 936 g/mol. The van der Waals surface area contributed by atoms with Crippen LogP contribution in [0.15, 0.2) is 84.9 Å². The molecule has 19 nitrogen and oxygen atoms in total. The zero-order valence-corrected chi connectivity index (χ0v) is 37.4. The van der Waals surface area contributed by atoms with E-state index in [-0.39, 0.29) is 49.2 Å². The molecule has 4 aromatic rings. The van der Waals surface area contributed by atoms with E-state index in [4.69, 9.17) is 71.1 Å². The Balaban J connectivity index is 0.000000112. The highest BCUT2D eigenvalue weighted by atomic mass is 17.4. The molecule has 8 aliphatic rings. The van der Waals surface area contributed by atoms with Crippen LogP contribution in [0.1, 0.15) is 5.56 Å². The first kappa shape index (κ1) is 46.8. The molecule has 8 fully saturated rings. The number of para-hydroxylation sites is 3. The standard InChI is InChI=1S/C13H16O4.C12H14O6.C12H14O4.C11H12O5/c1-9-12(16-7-10-5-14-10)3-2-4-13(9)17-8-11-6-15-11;1-13-9-3-2-4-10(15-6-8-5-14-8)12(9)16-7-11-17-18-11;1-2-9(13-5-11-7-15-11)4-10(3-1)14-6-12-8-16-12;1-2-4-10(14-7-11-15-16-11)9(3-1)13-6-8-5-12-8/h2-4,10-11H,5-8H2,1H3;2-4,8,11H,5-7H2,1H3;1-4,11-12H,5-8H2;1-4,8,11H,5-7H2. The van der Waals surface area contributed by atoms with Gasteiger partial charge in [-0.05, 0) is 55.5 Å². The van der Waals surface area contributed by atoms with Crippen molar-refractivity contribution in [2.75, 3.05) is 99.6 Å². The number of benzene rings is 4. The van der Waals surface area contributed by atoms with E-state index in [0.29, 0.717) is 75.9 Å². The van der Waals surface area contributed by atoms with Crippen LogP contribution in [0.25, 0.3) is 0 Å². The van der Waals surface area contributed by atoms with Crippen LogP contribution in [0.5, 0.6) is 51.7 Å². The fourth-order valence-corrected chi connectivity index (χ4v) is 5.76. The minimum absolute atomic E-state index is 0.194. The van der Waals surface area contributed by atoms with Crippen LogP contribution in [-0.4, -0.2) is 149 Å². The van der Waals surface area contributed by atoms with Gasteiger partial charge in [-0.1, -0.05) is 30.3 Å². The molecule has 67 heavy (non-hydrogen) atoms.